The van der Waals surface area contributed by atoms with E-state index in [1.807, 2.05) is 60.5 Å². The van der Waals surface area contributed by atoms with Crippen LogP contribution < -0.4 is 4.90 Å². The Bertz CT molecular complexity index is 966. The highest BCUT2D eigenvalue weighted by Gasteiger charge is 2.17. The molecule has 0 aliphatic heterocycles. The van der Waals surface area contributed by atoms with Crippen LogP contribution in [0.15, 0.2) is 52.9 Å². The molecular formula is C22H22N2O4. The topological polar surface area (TPSA) is 75.8 Å². The van der Waals surface area contributed by atoms with E-state index in [4.69, 9.17) is 14.3 Å². The number of hydrogen-bond donors (Lipinski definition) is 1. The number of aromatic nitrogens is 1. The van der Waals surface area contributed by atoms with Crippen LogP contribution >= 0.6 is 0 Å². The highest BCUT2D eigenvalue weighted by Crippen LogP contribution is 2.20. The molecule has 0 bridgehead atoms. The molecule has 6 heteroatoms. The summed E-state index contributed by atoms with van der Waals surface area (Å²) in [5.41, 5.74) is 3.33. The first-order chi connectivity index (χ1) is 13.6. The molecule has 28 heavy (non-hydrogen) atoms. The lowest BCUT2D eigenvalue weighted by atomic mass is 10.1. The summed E-state index contributed by atoms with van der Waals surface area (Å²) in [4.78, 5) is 17.5. The highest BCUT2D eigenvalue weighted by molar-refractivity contribution is 5.74. The summed E-state index contributed by atoms with van der Waals surface area (Å²) < 4.78 is 11.0. The van der Waals surface area contributed by atoms with E-state index >= 15 is 0 Å². The molecule has 144 valence electrons. The van der Waals surface area contributed by atoms with E-state index in [9.17, 15) is 4.79 Å². The second kappa shape index (κ2) is 9.07. The van der Waals surface area contributed by atoms with Gasteiger partial charge in [0.1, 0.15) is 5.52 Å². The van der Waals surface area contributed by atoms with Crippen LogP contribution in [0.5, 0.6) is 0 Å². The van der Waals surface area contributed by atoms with Crippen molar-refractivity contribution in [1.82, 2.24) is 4.98 Å². The Balaban J connectivity index is 1.60. The van der Waals surface area contributed by atoms with Crippen LogP contribution in [-0.4, -0.2) is 42.4 Å². The lowest BCUT2D eigenvalue weighted by molar-refractivity contribution is -0.149. The Kier molecular flexibility index (Phi) is 6.30. The molecule has 1 aromatic heterocycles. The zero-order valence-corrected chi connectivity index (χ0v) is 15.9. The molecule has 1 heterocycles. The number of para-hydroxylation sites is 2. The monoisotopic (exact) mass is 378 g/mol. The maximum Gasteiger partial charge on any atom is 0.333 e. The molecule has 6 nitrogen and oxygen atoms in total. The molecular weight excluding hydrogens is 356 g/mol. The Labute approximate surface area is 163 Å². The summed E-state index contributed by atoms with van der Waals surface area (Å²) in [6, 6.07) is 15.7. The van der Waals surface area contributed by atoms with Gasteiger partial charge in [-0.05, 0) is 36.8 Å². The minimum atomic E-state index is -0.951. The Morgan fingerprint density at radius 1 is 1.25 bits per heavy atom. The number of rotatable bonds is 7. The number of ether oxygens (including phenoxy) is 1. The molecule has 3 rings (SSSR count). The highest BCUT2D eigenvalue weighted by atomic mass is 16.5. The van der Waals surface area contributed by atoms with E-state index in [1.54, 1.807) is 6.92 Å². The van der Waals surface area contributed by atoms with E-state index in [0.29, 0.717) is 25.6 Å². The fourth-order valence-electron chi connectivity index (χ4n) is 2.71. The van der Waals surface area contributed by atoms with E-state index < -0.39 is 12.1 Å². The normalized spacial score (nSPS) is 11.6. The van der Waals surface area contributed by atoms with Gasteiger partial charge in [-0.1, -0.05) is 36.1 Å². The quantitative estimate of drug-likeness (QED) is 0.636. The summed E-state index contributed by atoms with van der Waals surface area (Å²) in [6.07, 6.45) is -0.496. The fraction of sp³-hybridized carbons (Fsp3) is 0.273. The average molecular weight is 378 g/mol. The van der Waals surface area contributed by atoms with Crippen LogP contribution in [0.2, 0.25) is 0 Å². The third kappa shape index (κ3) is 4.90. The third-order valence-corrected chi connectivity index (χ3v) is 4.18. The molecule has 2 aromatic carbocycles. The van der Waals surface area contributed by atoms with Gasteiger partial charge in [-0.25, -0.2) is 4.79 Å². The largest absolute Gasteiger partial charge is 0.479 e. The van der Waals surface area contributed by atoms with Crippen LogP contribution in [0.4, 0.5) is 6.01 Å². The Morgan fingerprint density at radius 2 is 2.00 bits per heavy atom. The first kappa shape index (κ1) is 19.5. The predicted molar refractivity (Wildman–Crippen MR) is 107 cm³/mol. The maximum atomic E-state index is 11.2. The maximum absolute atomic E-state index is 11.2. The summed E-state index contributed by atoms with van der Waals surface area (Å²) in [7, 11) is 1.88. The molecule has 1 unspecified atom stereocenters. The predicted octanol–water partition coefficient (Wildman–Crippen LogP) is 3.35. The van der Waals surface area contributed by atoms with Crippen molar-refractivity contribution >= 4 is 23.1 Å². The van der Waals surface area contributed by atoms with Gasteiger partial charge in [0, 0.05) is 25.6 Å². The minimum Gasteiger partial charge on any atom is -0.479 e. The van der Waals surface area contributed by atoms with Gasteiger partial charge >= 0.3 is 5.97 Å². The number of oxazole rings is 1. The Morgan fingerprint density at radius 3 is 2.68 bits per heavy atom. The van der Waals surface area contributed by atoms with Gasteiger partial charge in [0.25, 0.3) is 6.01 Å². The third-order valence-electron chi connectivity index (χ3n) is 4.18. The number of aliphatic carboxylic acids is 1. The average Bonchev–Trinajstić information content (AvgIpc) is 3.13. The van der Waals surface area contributed by atoms with Gasteiger partial charge in [-0.2, -0.15) is 4.98 Å². The van der Waals surface area contributed by atoms with Crippen LogP contribution in [0.1, 0.15) is 18.1 Å². The molecule has 0 aliphatic carbocycles. The molecule has 0 saturated carbocycles. The van der Waals surface area contributed by atoms with Crippen LogP contribution in [-0.2, 0) is 16.0 Å². The van der Waals surface area contributed by atoms with Crippen molar-refractivity contribution in [3.05, 3.63) is 59.7 Å². The second-order valence-corrected chi connectivity index (χ2v) is 6.31. The summed E-state index contributed by atoms with van der Waals surface area (Å²) in [5.74, 6) is 5.25. The first-order valence-corrected chi connectivity index (χ1v) is 9.05. The van der Waals surface area contributed by atoms with E-state index in [2.05, 4.69) is 16.8 Å². The minimum absolute atomic E-state index is 0.331. The molecule has 1 atom stereocenters. The van der Waals surface area contributed by atoms with Crippen LogP contribution in [0.25, 0.3) is 11.1 Å². The number of fused-ring (bicyclic) bond motifs is 1. The number of hydrogen-bond acceptors (Lipinski definition) is 5. The molecule has 0 radical (unpaired) electrons. The number of carboxylic acid groups (broad SMARTS) is 1. The number of nitrogens with zero attached hydrogens (tertiary/aromatic N) is 2. The van der Waals surface area contributed by atoms with Gasteiger partial charge in [-0.3, -0.25) is 0 Å². The Hall–Kier alpha value is -3.30. The van der Waals surface area contributed by atoms with Crippen molar-refractivity contribution in [2.45, 2.75) is 19.4 Å². The number of anilines is 1. The molecule has 0 amide bonds. The lowest BCUT2D eigenvalue weighted by Gasteiger charge is -2.12. The van der Waals surface area contributed by atoms with Crippen LogP contribution in [0, 0.1) is 11.8 Å². The van der Waals surface area contributed by atoms with Crippen molar-refractivity contribution < 1.29 is 19.1 Å². The van der Waals surface area contributed by atoms with Gasteiger partial charge in [0.15, 0.2) is 11.7 Å². The SMILES string of the molecule is CCOC(Cc1ccc(C#CCN(C)c2nc3ccccc3o2)cc1)C(=O)O. The molecule has 0 aliphatic rings. The van der Waals surface area contributed by atoms with Gasteiger partial charge in [0.05, 0.1) is 6.54 Å². The molecule has 3 aromatic rings. The van der Waals surface area contributed by atoms with Crippen molar-refractivity contribution in [3.63, 3.8) is 0 Å². The molecule has 0 spiro atoms. The van der Waals surface area contributed by atoms with Gasteiger partial charge in [-0.15, -0.1) is 0 Å². The molecule has 0 saturated heterocycles. The standard InChI is InChI=1S/C22H22N2O4/c1-3-27-20(21(25)26)15-17-12-10-16(11-13-17)7-6-14-24(2)22-23-18-8-4-5-9-19(18)28-22/h4-5,8-13,20H,3,14-15H2,1-2H3,(H,25,26). The van der Waals surface area contributed by atoms with Crippen molar-refractivity contribution in [1.29, 1.82) is 0 Å². The number of carboxylic acids is 1. The summed E-state index contributed by atoms with van der Waals surface area (Å²) in [5, 5.41) is 9.16. The van der Waals surface area contributed by atoms with E-state index in [-0.39, 0.29) is 0 Å². The van der Waals surface area contributed by atoms with E-state index in [0.717, 1.165) is 22.2 Å². The van der Waals surface area contributed by atoms with Crippen LogP contribution in [0.3, 0.4) is 0 Å². The number of benzene rings is 2. The van der Waals surface area contributed by atoms with E-state index in [1.165, 1.54) is 0 Å². The van der Waals surface area contributed by atoms with Crippen molar-refractivity contribution in [3.8, 4) is 11.8 Å². The van der Waals surface area contributed by atoms with Gasteiger partial charge < -0.3 is 19.2 Å². The van der Waals surface area contributed by atoms with Crippen molar-refractivity contribution in [2.24, 2.45) is 0 Å². The lowest BCUT2D eigenvalue weighted by Crippen LogP contribution is -2.26. The first-order valence-electron chi connectivity index (χ1n) is 9.05. The van der Waals surface area contributed by atoms with Gasteiger partial charge in [0.2, 0.25) is 0 Å². The summed E-state index contributed by atoms with van der Waals surface area (Å²) >= 11 is 0. The summed E-state index contributed by atoms with van der Waals surface area (Å²) in [6.45, 7) is 2.63. The van der Waals surface area contributed by atoms with Crippen molar-refractivity contribution in [2.75, 3.05) is 25.1 Å². The second-order valence-electron chi connectivity index (χ2n) is 6.31. The molecule has 0 fully saturated rings. The molecule has 1 N–H and O–H groups in total. The zero-order valence-electron chi connectivity index (χ0n) is 15.9. The zero-order chi connectivity index (χ0) is 19.9. The fourth-order valence-corrected chi connectivity index (χ4v) is 2.71. The smallest absolute Gasteiger partial charge is 0.333 e. The number of carbonyl (C=O) groups is 1.